The molecule has 0 bridgehead atoms. The van der Waals surface area contributed by atoms with Gasteiger partial charge in [-0.05, 0) is 54.4 Å². The Kier molecular flexibility index (Phi) is 6.90. The minimum atomic E-state index is -0.263. The standard InChI is InChI=1S/C24H20ClFN2OS2/c1-16-20(25)11-12-21-23(16)27-24(31-21)28(15-17-5-3-2-4-6-17)22(29)13-14-30-19-9-7-18(26)8-10-19/h2-12H,13-15H2,1H3. The number of carbonyl (C=O) groups excluding carboxylic acids is 1. The summed E-state index contributed by atoms with van der Waals surface area (Å²) in [5.74, 6) is 0.341. The highest BCUT2D eigenvalue weighted by atomic mass is 35.5. The highest BCUT2D eigenvalue weighted by molar-refractivity contribution is 7.99. The van der Waals surface area contributed by atoms with Crippen LogP contribution in [0.1, 0.15) is 17.5 Å². The van der Waals surface area contributed by atoms with Crippen molar-refractivity contribution in [3.63, 3.8) is 0 Å². The number of amides is 1. The maximum absolute atomic E-state index is 13.2. The quantitative estimate of drug-likeness (QED) is 0.270. The molecule has 0 fully saturated rings. The smallest absolute Gasteiger partial charge is 0.229 e. The Bertz CT molecular complexity index is 1200. The van der Waals surface area contributed by atoms with Crippen LogP contribution in [0.2, 0.25) is 5.02 Å². The van der Waals surface area contributed by atoms with Gasteiger partial charge in [0.1, 0.15) is 5.82 Å². The lowest BCUT2D eigenvalue weighted by atomic mass is 10.2. The van der Waals surface area contributed by atoms with Crippen molar-refractivity contribution in [1.29, 1.82) is 0 Å². The monoisotopic (exact) mass is 470 g/mol. The fourth-order valence-electron chi connectivity index (χ4n) is 3.15. The van der Waals surface area contributed by atoms with Crippen LogP contribution in [-0.2, 0) is 11.3 Å². The van der Waals surface area contributed by atoms with E-state index >= 15 is 0 Å². The summed E-state index contributed by atoms with van der Waals surface area (Å²) < 4.78 is 14.1. The van der Waals surface area contributed by atoms with Crippen LogP contribution >= 0.6 is 34.7 Å². The van der Waals surface area contributed by atoms with E-state index in [2.05, 4.69) is 0 Å². The molecule has 0 saturated carbocycles. The van der Waals surface area contributed by atoms with Crippen molar-refractivity contribution in [2.75, 3.05) is 10.7 Å². The zero-order chi connectivity index (χ0) is 21.8. The van der Waals surface area contributed by atoms with Gasteiger partial charge in [0.25, 0.3) is 0 Å². The molecule has 158 valence electrons. The highest BCUT2D eigenvalue weighted by Crippen LogP contribution is 2.34. The number of hydrogen-bond acceptors (Lipinski definition) is 4. The lowest BCUT2D eigenvalue weighted by Crippen LogP contribution is -2.30. The third kappa shape index (κ3) is 5.26. The third-order valence-corrected chi connectivity index (χ3v) is 7.32. The molecule has 0 saturated heterocycles. The van der Waals surface area contributed by atoms with Crippen LogP contribution in [0.4, 0.5) is 9.52 Å². The SMILES string of the molecule is Cc1c(Cl)ccc2sc(N(Cc3ccccc3)C(=O)CCSc3ccc(F)cc3)nc12. The number of hydrogen-bond donors (Lipinski definition) is 0. The molecule has 4 aromatic rings. The van der Waals surface area contributed by atoms with Gasteiger partial charge in [0.15, 0.2) is 5.13 Å². The Morgan fingerprint density at radius 3 is 2.58 bits per heavy atom. The van der Waals surface area contributed by atoms with Crippen LogP contribution in [0.25, 0.3) is 10.2 Å². The third-order valence-electron chi connectivity index (χ3n) is 4.85. The van der Waals surface area contributed by atoms with Crippen molar-refractivity contribution in [1.82, 2.24) is 4.98 Å². The molecule has 0 aliphatic heterocycles. The van der Waals surface area contributed by atoms with Crippen LogP contribution in [0.15, 0.2) is 71.6 Å². The molecule has 0 atom stereocenters. The molecule has 0 N–H and O–H groups in total. The lowest BCUT2D eigenvalue weighted by molar-refractivity contribution is -0.118. The fraction of sp³-hybridized carbons (Fsp3) is 0.167. The van der Waals surface area contributed by atoms with E-state index < -0.39 is 0 Å². The number of anilines is 1. The van der Waals surface area contributed by atoms with Crippen LogP contribution < -0.4 is 4.90 Å². The largest absolute Gasteiger partial charge is 0.284 e. The van der Waals surface area contributed by atoms with Gasteiger partial charge in [-0.1, -0.05) is 53.3 Å². The van der Waals surface area contributed by atoms with E-state index in [0.717, 1.165) is 26.2 Å². The van der Waals surface area contributed by atoms with Crippen molar-refractivity contribution in [2.45, 2.75) is 24.8 Å². The zero-order valence-electron chi connectivity index (χ0n) is 16.8. The number of fused-ring (bicyclic) bond motifs is 1. The van der Waals surface area contributed by atoms with Crippen LogP contribution in [0.5, 0.6) is 0 Å². The van der Waals surface area contributed by atoms with Gasteiger partial charge >= 0.3 is 0 Å². The minimum Gasteiger partial charge on any atom is -0.284 e. The number of rotatable bonds is 7. The molecule has 3 nitrogen and oxygen atoms in total. The second-order valence-electron chi connectivity index (χ2n) is 7.03. The van der Waals surface area contributed by atoms with E-state index in [4.69, 9.17) is 16.6 Å². The summed E-state index contributed by atoms with van der Waals surface area (Å²) in [5, 5.41) is 1.34. The maximum atomic E-state index is 13.2. The summed E-state index contributed by atoms with van der Waals surface area (Å²) in [6, 6.07) is 20.0. The molecule has 1 amide bonds. The number of thioether (sulfide) groups is 1. The van der Waals surface area contributed by atoms with Gasteiger partial charge in [-0.2, -0.15) is 0 Å². The van der Waals surface area contributed by atoms with Gasteiger partial charge in [-0.25, -0.2) is 9.37 Å². The van der Waals surface area contributed by atoms with Crippen molar-refractivity contribution >= 4 is 56.0 Å². The molecule has 1 heterocycles. The van der Waals surface area contributed by atoms with E-state index in [1.165, 1.54) is 35.2 Å². The molecule has 4 rings (SSSR count). The van der Waals surface area contributed by atoms with E-state index in [1.807, 2.05) is 49.4 Å². The molecular weight excluding hydrogens is 451 g/mol. The minimum absolute atomic E-state index is 0.00118. The molecule has 3 aromatic carbocycles. The van der Waals surface area contributed by atoms with Gasteiger partial charge in [-0.15, -0.1) is 11.8 Å². The average molecular weight is 471 g/mol. The van der Waals surface area contributed by atoms with Crippen LogP contribution in [0, 0.1) is 12.7 Å². The van der Waals surface area contributed by atoms with E-state index in [9.17, 15) is 9.18 Å². The van der Waals surface area contributed by atoms with Gasteiger partial charge in [0.2, 0.25) is 5.91 Å². The first kappa shape index (κ1) is 21.8. The summed E-state index contributed by atoms with van der Waals surface area (Å²) >= 11 is 9.29. The van der Waals surface area contributed by atoms with Crippen molar-refractivity contribution in [2.24, 2.45) is 0 Å². The highest BCUT2D eigenvalue weighted by Gasteiger charge is 2.21. The van der Waals surface area contributed by atoms with Crippen molar-refractivity contribution in [3.8, 4) is 0 Å². The Labute approximate surface area is 193 Å². The molecule has 0 unspecified atom stereocenters. The second-order valence-corrected chi connectivity index (χ2v) is 9.62. The van der Waals surface area contributed by atoms with Crippen LogP contribution in [0.3, 0.4) is 0 Å². The molecule has 0 aliphatic carbocycles. The first-order valence-electron chi connectivity index (χ1n) is 9.79. The molecule has 0 aliphatic rings. The van der Waals surface area contributed by atoms with Crippen molar-refractivity contribution < 1.29 is 9.18 Å². The Morgan fingerprint density at radius 2 is 1.84 bits per heavy atom. The second kappa shape index (κ2) is 9.81. The predicted molar refractivity (Wildman–Crippen MR) is 129 cm³/mol. The van der Waals surface area contributed by atoms with E-state index in [0.29, 0.717) is 28.9 Å². The van der Waals surface area contributed by atoms with Gasteiger partial charge in [-0.3, -0.25) is 9.69 Å². The molecule has 31 heavy (non-hydrogen) atoms. The summed E-state index contributed by atoms with van der Waals surface area (Å²) in [6.45, 7) is 2.39. The summed E-state index contributed by atoms with van der Waals surface area (Å²) in [6.07, 6.45) is 0.352. The number of carbonyl (C=O) groups is 1. The summed E-state index contributed by atoms with van der Waals surface area (Å²) in [4.78, 5) is 20.7. The average Bonchev–Trinajstić information content (AvgIpc) is 3.21. The Balaban J connectivity index is 1.56. The van der Waals surface area contributed by atoms with Crippen molar-refractivity contribution in [3.05, 3.63) is 88.7 Å². The molecular formula is C24H20ClFN2OS2. The van der Waals surface area contributed by atoms with E-state index in [-0.39, 0.29) is 11.7 Å². The summed E-state index contributed by atoms with van der Waals surface area (Å²) in [7, 11) is 0. The normalized spacial score (nSPS) is 11.1. The first-order chi connectivity index (χ1) is 15.0. The number of thiazole rings is 1. The molecule has 0 spiro atoms. The Morgan fingerprint density at radius 1 is 1.10 bits per heavy atom. The van der Waals surface area contributed by atoms with Gasteiger partial charge in [0, 0.05) is 22.1 Å². The number of benzene rings is 3. The molecule has 1 aromatic heterocycles. The van der Waals surface area contributed by atoms with E-state index in [1.54, 1.807) is 17.0 Å². The number of aromatic nitrogens is 1. The zero-order valence-corrected chi connectivity index (χ0v) is 19.2. The number of nitrogens with zero attached hydrogens (tertiary/aromatic N) is 2. The fourth-order valence-corrected chi connectivity index (χ4v) is 5.19. The first-order valence-corrected chi connectivity index (χ1v) is 12.0. The Hall–Kier alpha value is -2.41. The van der Waals surface area contributed by atoms with Gasteiger partial charge < -0.3 is 0 Å². The number of aryl methyl sites for hydroxylation is 1. The predicted octanol–water partition coefficient (Wildman–Crippen LogP) is 7.11. The summed E-state index contributed by atoms with van der Waals surface area (Å²) in [5.41, 5.74) is 2.79. The number of halogens is 2. The van der Waals surface area contributed by atoms with Crippen LogP contribution in [-0.4, -0.2) is 16.6 Å². The molecule has 7 heteroatoms. The lowest BCUT2D eigenvalue weighted by Gasteiger charge is -2.20. The topological polar surface area (TPSA) is 33.2 Å². The maximum Gasteiger partial charge on any atom is 0.229 e. The molecule has 0 radical (unpaired) electrons. The van der Waals surface area contributed by atoms with Gasteiger partial charge in [0.05, 0.1) is 16.8 Å².